The molecule has 26 heavy (non-hydrogen) atoms. The van der Waals surface area contributed by atoms with E-state index in [1.54, 1.807) is 6.07 Å². The summed E-state index contributed by atoms with van der Waals surface area (Å²) >= 11 is 12.1. The van der Waals surface area contributed by atoms with Gasteiger partial charge in [-0.05, 0) is 36.2 Å². The molecule has 2 amide bonds. The summed E-state index contributed by atoms with van der Waals surface area (Å²) in [5, 5.41) is 4.22. The molecule has 1 fully saturated rings. The number of hydrogen-bond acceptors (Lipinski definition) is 3. The first-order chi connectivity index (χ1) is 12.6. The first-order valence-corrected chi connectivity index (χ1v) is 9.46. The van der Waals surface area contributed by atoms with Gasteiger partial charge in [-0.3, -0.25) is 9.88 Å². The standard InChI is InChI=1S/C19H22Cl2N4O/c20-16-5-4-15(18(21)13-16)6-8-23-19(26)25-11-9-24(10-12-25)14-17-3-1-2-7-22-17/h1-5,7,13H,6,8-12,14H2,(H,23,26). The molecule has 0 spiro atoms. The number of nitrogens with one attached hydrogen (secondary N) is 1. The van der Waals surface area contributed by atoms with Crippen molar-refractivity contribution in [3.05, 3.63) is 63.9 Å². The Hall–Kier alpha value is -1.82. The van der Waals surface area contributed by atoms with Crippen LogP contribution in [0.1, 0.15) is 11.3 Å². The molecule has 0 radical (unpaired) electrons. The predicted octanol–water partition coefficient (Wildman–Crippen LogP) is 3.46. The first kappa shape index (κ1) is 19.0. The zero-order chi connectivity index (χ0) is 18.4. The van der Waals surface area contributed by atoms with E-state index in [0.717, 1.165) is 44.0 Å². The highest BCUT2D eigenvalue weighted by atomic mass is 35.5. The molecular weight excluding hydrogens is 371 g/mol. The number of hydrogen-bond donors (Lipinski definition) is 1. The van der Waals surface area contributed by atoms with Gasteiger partial charge in [-0.25, -0.2) is 4.79 Å². The number of halogens is 2. The maximum atomic E-state index is 12.3. The smallest absolute Gasteiger partial charge is 0.317 e. The molecule has 0 unspecified atom stereocenters. The summed E-state index contributed by atoms with van der Waals surface area (Å²) in [4.78, 5) is 20.9. The minimum absolute atomic E-state index is 0.0208. The van der Waals surface area contributed by atoms with Gasteiger partial charge in [0.2, 0.25) is 0 Å². The summed E-state index contributed by atoms with van der Waals surface area (Å²) in [5.74, 6) is 0. The zero-order valence-electron chi connectivity index (χ0n) is 14.5. The van der Waals surface area contributed by atoms with Crippen molar-refractivity contribution in [2.75, 3.05) is 32.7 Å². The Kier molecular flexibility index (Phi) is 6.72. The number of aromatic nitrogens is 1. The molecule has 1 aromatic heterocycles. The normalized spacial score (nSPS) is 15.1. The molecule has 0 aliphatic carbocycles. The van der Waals surface area contributed by atoms with Crippen molar-refractivity contribution in [1.29, 1.82) is 0 Å². The lowest BCUT2D eigenvalue weighted by Gasteiger charge is -2.34. The van der Waals surface area contributed by atoms with Crippen LogP contribution >= 0.6 is 23.2 Å². The van der Waals surface area contributed by atoms with Crippen LogP contribution in [-0.4, -0.2) is 53.5 Å². The van der Waals surface area contributed by atoms with E-state index in [0.29, 0.717) is 23.0 Å². The van der Waals surface area contributed by atoms with E-state index < -0.39 is 0 Å². The maximum absolute atomic E-state index is 12.3. The van der Waals surface area contributed by atoms with Gasteiger partial charge in [-0.15, -0.1) is 0 Å². The van der Waals surface area contributed by atoms with Crippen molar-refractivity contribution in [3.8, 4) is 0 Å². The molecule has 1 aliphatic rings. The number of benzene rings is 1. The fraction of sp³-hybridized carbons (Fsp3) is 0.368. The van der Waals surface area contributed by atoms with Crippen LogP contribution in [-0.2, 0) is 13.0 Å². The Morgan fingerprint density at radius 2 is 1.92 bits per heavy atom. The van der Waals surface area contributed by atoms with Gasteiger partial charge in [0.1, 0.15) is 0 Å². The molecule has 1 saturated heterocycles. The SMILES string of the molecule is O=C(NCCc1ccc(Cl)cc1Cl)N1CCN(Cc2ccccn2)CC1. The number of nitrogens with zero attached hydrogens (tertiary/aromatic N) is 3. The topological polar surface area (TPSA) is 48.5 Å². The molecule has 0 atom stereocenters. The molecule has 3 rings (SSSR count). The Morgan fingerprint density at radius 1 is 1.12 bits per heavy atom. The van der Waals surface area contributed by atoms with Crippen LogP contribution < -0.4 is 5.32 Å². The molecule has 7 heteroatoms. The highest BCUT2D eigenvalue weighted by molar-refractivity contribution is 6.35. The highest BCUT2D eigenvalue weighted by Crippen LogP contribution is 2.21. The highest BCUT2D eigenvalue weighted by Gasteiger charge is 2.21. The zero-order valence-corrected chi connectivity index (χ0v) is 16.0. The fourth-order valence-corrected chi connectivity index (χ4v) is 3.47. The van der Waals surface area contributed by atoms with Crippen molar-refractivity contribution in [3.63, 3.8) is 0 Å². The molecule has 1 N–H and O–H groups in total. The molecule has 1 aromatic carbocycles. The summed E-state index contributed by atoms with van der Waals surface area (Å²) in [5.41, 5.74) is 2.04. The van der Waals surface area contributed by atoms with Crippen LogP contribution in [0.5, 0.6) is 0 Å². The van der Waals surface area contributed by atoms with Crippen molar-refractivity contribution in [2.24, 2.45) is 0 Å². The van der Waals surface area contributed by atoms with Gasteiger partial charge in [0.05, 0.1) is 5.69 Å². The Balaban J connectivity index is 1.39. The lowest BCUT2D eigenvalue weighted by molar-refractivity contribution is 0.134. The Labute approximate surface area is 163 Å². The number of carbonyl (C=O) groups excluding carboxylic acids is 1. The number of carbonyl (C=O) groups is 1. The molecule has 1 aliphatic heterocycles. The Morgan fingerprint density at radius 3 is 2.62 bits per heavy atom. The third-order valence-electron chi connectivity index (χ3n) is 4.46. The van der Waals surface area contributed by atoms with Crippen LogP contribution in [0.15, 0.2) is 42.6 Å². The number of rotatable bonds is 5. The van der Waals surface area contributed by atoms with Gasteiger partial charge in [-0.2, -0.15) is 0 Å². The van der Waals surface area contributed by atoms with Crippen LogP contribution in [0.4, 0.5) is 4.79 Å². The van der Waals surface area contributed by atoms with Gasteiger partial charge in [0, 0.05) is 55.5 Å². The van der Waals surface area contributed by atoms with Crippen molar-refractivity contribution in [1.82, 2.24) is 20.1 Å². The third-order valence-corrected chi connectivity index (χ3v) is 5.04. The second kappa shape index (κ2) is 9.21. The monoisotopic (exact) mass is 392 g/mol. The minimum atomic E-state index is -0.0208. The Bertz CT molecular complexity index is 734. The number of pyridine rings is 1. The number of amides is 2. The molecule has 2 heterocycles. The van der Waals surface area contributed by atoms with E-state index >= 15 is 0 Å². The summed E-state index contributed by atoms with van der Waals surface area (Å²) in [7, 11) is 0. The molecule has 0 bridgehead atoms. The van der Waals surface area contributed by atoms with E-state index in [4.69, 9.17) is 23.2 Å². The van der Waals surface area contributed by atoms with Gasteiger partial charge in [0.15, 0.2) is 0 Å². The lowest BCUT2D eigenvalue weighted by Crippen LogP contribution is -2.51. The maximum Gasteiger partial charge on any atom is 0.317 e. The molecular formula is C19H22Cl2N4O. The quantitative estimate of drug-likeness (QED) is 0.847. The molecule has 138 valence electrons. The minimum Gasteiger partial charge on any atom is -0.338 e. The predicted molar refractivity (Wildman–Crippen MR) is 105 cm³/mol. The summed E-state index contributed by atoms with van der Waals surface area (Å²) in [6, 6.07) is 11.4. The number of urea groups is 1. The second-order valence-electron chi connectivity index (χ2n) is 6.30. The van der Waals surface area contributed by atoms with Gasteiger partial charge < -0.3 is 10.2 Å². The van der Waals surface area contributed by atoms with E-state index in [-0.39, 0.29) is 6.03 Å². The summed E-state index contributed by atoms with van der Waals surface area (Å²) in [6.45, 7) is 4.53. The second-order valence-corrected chi connectivity index (χ2v) is 7.15. The number of piperazine rings is 1. The van der Waals surface area contributed by atoms with Crippen LogP contribution in [0, 0.1) is 0 Å². The average Bonchev–Trinajstić information content (AvgIpc) is 2.65. The molecule has 2 aromatic rings. The van der Waals surface area contributed by atoms with Crippen LogP contribution in [0.3, 0.4) is 0 Å². The largest absolute Gasteiger partial charge is 0.338 e. The average molecular weight is 393 g/mol. The van der Waals surface area contributed by atoms with Crippen LogP contribution in [0.2, 0.25) is 10.0 Å². The van der Waals surface area contributed by atoms with E-state index in [1.807, 2.05) is 41.4 Å². The van der Waals surface area contributed by atoms with Crippen molar-refractivity contribution >= 4 is 29.2 Å². The third kappa shape index (κ3) is 5.34. The fourth-order valence-electron chi connectivity index (χ4n) is 2.97. The molecule has 0 saturated carbocycles. The van der Waals surface area contributed by atoms with Gasteiger partial charge in [-0.1, -0.05) is 35.3 Å². The van der Waals surface area contributed by atoms with Crippen molar-refractivity contribution < 1.29 is 4.79 Å². The van der Waals surface area contributed by atoms with E-state index in [1.165, 1.54) is 0 Å². The molecule has 5 nitrogen and oxygen atoms in total. The van der Waals surface area contributed by atoms with Crippen molar-refractivity contribution in [2.45, 2.75) is 13.0 Å². The van der Waals surface area contributed by atoms with E-state index in [2.05, 4.69) is 15.2 Å². The van der Waals surface area contributed by atoms with Gasteiger partial charge >= 0.3 is 6.03 Å². The lowest BCUT2D eigenvalue weighted by atomic mass is 10.1. The summed E-state index contributed by atoms with van der Waals surface area (Å²) in [6.07, 6.45) is 2.49. The van der Waals surface area contributed by atoms with Gasteiger partial charge in [0.25, 0.3) is 0 Å². The summed E-state index contributed by atoms with van der Waals surface area (Å²) < 4.78 is 0. The van der Waals surface area contributed by atoms with Crippen LogP contribution in [0.25, 0.3) is 0 Å². The van der Waals surface area contributed by atoms with E-state index in [9.17, 15) is 4.79 Å². The first-order valence-electron chi connectivity index (χ1n) is 8.71.